The van der Waals surface area contributed by atoms with Gasteiger partial charge in [-0.3, -0.25) is 9.40 Å². The fourth-order valence-electron chi connectivity index (χ4n) is 0.693. The monoisotopic (exact) mass is 204 g/mol. The molecule has 0 saturated heterocycles. The fraction of sp³-hybridized carbons (Fsp3) is 0.500. The van der Waals surface area contributed by atoms with Crippen LogP contribution >= 0.6 is 0 Å². The van der Waals surface area contributed by atoms with Crippen LogP contribution in [0.3, 0.4) is 0 Å². The van der Waals surface area contributed by atoms with Gasteiger partial charge in [-0.1, -0.05) is 0 Å². The molecule has 7 heteroatoms. The molecule has 0 saturated carbocycles. The number of aryl methyl sites for hydroxylation is 1. The highest BCUT2D eigenvalue weighted by atomic mass is 32.2. The molecule has 0 amide bonds. The summed E-state index contributed by atoms with van der Waals surface area (Å²) in [7, 11) is 1.18. The molecule has 1 rings (SSSR count). The minimum Gasteiger partial charge on any atom is -0.274 e. The molecule has 1 aromatic heterocycles. The lowest BCUT2D eigenvalue weighted by Gasteiger charge is -2.10. The molecule has 6 nitrogen and oxygen atoms in total. The van der Waals surface area contributed by atoms with E-state index in [1.165, 1.54) is 18.8 Å². The van der Waals surface area contributed by atoms with Crippen molar-refractivity contribution in [1.29, 1.82) is 0 Å². The lowest BCUT2D eigenvalue weighted by atomic mass is 10.7. The van der Waals surface area contributed by atoms with Gasteiger partial charge in [-0.2, -0.15) is 17.8 Å². The summed E-state index contributed by atoms with van der Waals surface area (Å²) < 4.78 is 27.5. The molecule has 0 aliphatic heterocycles. The number of hydrogen-bond donors (Lipinski definition) is 1. The minimum atomic E-state index is -3.43. The molecule has 13 heavy (non-hydrogen) atoms. The summed E-state index contributed by atoms with van der Waals surface area (Å²) >= 11 is 0. The van der Waals surface area contributed by atoms with E-state index in [9.17, 15) is 8.42 Å². The standard InChI is InChI=1S/C6H12N4O2S/c1-9(2)13(11,12)8-6-4-5-10(3)7-6/h4-5H,1-3H3,(H,7,8). The number of hydrogen-bond acceptors (Lipinski definition) is 3. The topological polar surface area (TPSA) is 67.2 Å². The lowest BCUT2D eigenvalue weighted by Crippen LogP contribution is -2.29. The van der Waals surface area contributed by atoms with E-state index in [2.05, 4.69) is 9.82 Å². The third-order valence-corrected chi connectivity index (χ3v) is 2.86. The van der Waals surface area contributed by atoms with Crippen molar-refractivity contribution in [2.45, 2.75) is 0 Å². The van der Waals surface area contributed by atoms with Gasteiger partial charge in [0.2, 0.25) is 0 Å². The van der Waals surface area contributed by atoms with Crippen molar-refractivity contribution < 1.29 is 8.42 Å². The zero-order chi connectivity index (χ0) is 10.1. The molecule has 74 valence electrons. The highest BCUT2D eigenvalue weighted by molar-refractivity contribution is 7.90. The van der Waals surface area contributed by atoms with E-state index in [0.29, 0.717) is 5.82 Å². The van der Waals surface area contributed by atoms with Crippen LogP contribution in [0, 0.1) is 0 Å². The van der Waals surface area contributed by atoms with E-state index in [4.69, 9.17) is 0 Å². The van der Waals surface area contributed by atoms with Crippen LogP contribution in [0.1, 0.15) is 0 Å². The first kappa shape index (κ1) is 10.0. The van der Waals surface area contributed by atoms with E-state index in [1.807, 2.05) is 0 Å². The highest BCUT2D eigenvalue weighted by Crippen LogP contribution is 2.05. The van der Waals surface area contributed by atoms with Crippen LogP contribution in [-0.2, 0) is 17.3 Å². The van der Waals surface area contributed by atoms with Gasteiger partial charge in [-0.25, -0.2) is 0 Å². The van der Waals surface area contributed by atoms with Crippen LogP contribution < -0.4 is 4.72 Å². The van der Waals surface area contributed by atoms with Gasteiger partial charge in [-0.15, -0.1) is 0 Å². The second-order valence-corrected chi connectivity index (χ2v) is 4.65. The SMILES string of the molecule is CN(C)S(=O)(=O)Nc1ccn(C)n1. The van der Waals surface area contributed by atoms with Crippen molar-refractivity contribution in [3.8, 4) is 0 Å². The molecule has 0 radical (unpaired) electrons. The molecular weight excluding hydrogens is 192 g/mol. The van der Waals surface area contributed by atoms with Crippen LogP contribution in [0.5, 0.6) is 0 Å². The van der Waals surface area contributed by atoms with Crippen LogP contribution in [0.25, 0.3) is 0 Å². The van der Waals surface area contributed by atoms with Gasteiger partial charge in [0.05, 0.1) is 0 Å². The number of aromatic nitrogens is 2. The van der Waals surface area contributed by atoms with E-state index in [0.717, 1.165) is 4.31 Å². The molecule has 1 heterocycles. The van der Waals surface area contributed by atoms with E-state index in [-0.39, 0.29) is 0 Å². The molecule has 0 spiro atoms. The second kappa shape index (κ2) is 3.35. The molecule has 0 atom stereocenters. The predicted octanol–water partition coefficient (Wildman–Crippen LogP) is -0.362. The van der Waals surface area contributed by atoms with Crippen LogP contribution in [0.2, 0.25) is 0 Å². The summed E-state index contributed by atoms with van der Waals surface area (Å²) in [6.45, 7) is 0. The number of anilines is 1. The van der Waals surface area contributed by atoms with Crippen LogP contribution in [0.15, 0.2) is 12.3 Å². The minimum absolute atomic E-state index is 0.316. The molecule has 0 unspecified atom stereocenters. The smallest absolute Gasteiger partial charge is 0.274 e. The molecule has 1 aromatic rings. The van der Waals surface area contributed by atoms with Gasteiger partial charge in [-0.05, 0) is 0 Å². The number of nitrogens with zero attached hydrogens (tertiary/aromatic N) is 3. The Hall–Kier alpha value is -1.08. The third-order valence-electron chi connectivity index (χ3n) is 1.43. The number of nitrogens with one attached hydrogen (secondary N) is 1. The van der Waals surface area contributed by atoms with E-state index in [1.54, 1.807) is 19.3 Å². The lowest BCUT2D eigenvalue weighted by molar-refractivity contribution is 0.526. The highest BCUT2D eigenvalue weighted by Gasteiger charge is 2.13. The van der Waals surface area contributed by atoms with Crippen molar-refractivity contribution in [2.24, 2.45) is 7.05 Å². The molecular formula is C6H12N4O2S. The van der Waals surface area contributed by atoms with Gasteiger partial charge >= 0.3 is 10.2 Å². The first-order valence-corrected chi connectivity index (χ1v) is 5.06. The van der Waals surface area contributed by atoms with Crippen molar-refractivity contribution in [2.75, 3.05) is 18.8 Å². The summed E-state index contributed by atoms with van der Waals surface area (Å²) in [6, 6.07) is 1.58. The normalized spacial score (nSPS) is 12.0. The zero-order valence-electron chi connectivity index (χ0n) is 7.72. The van der Waals surface area contributed by atoms with Crippen molar-refractivity contribution in [3.63, 3.8) is 0 Å². The van der Waals surface area contributed by atoms with Gasteiger partial charge in [0.25, 0.3) is 0 Å². The first-order valence-electron chi connectivity index (χ1n) is 3.62. The van der Waals surface area contributed by atoms with Crippen LogP contribution in [-0.4, -0.2) is 36.6 Å². The summed E-state index contributed by atoms with van der Waals surface area (Å²) in [5.41, 5.74) is 0. The summed E-state index contributed by atoms with van der Waals surface area (Å²) in [5.74, 6) is 0.316. The quantitative estimate of drug-likeness (QED) is 0.731. The molecule has 0 aliphatic rings. The summed E-state index contributed by atoms with van der Waals surface area (Å²) in [5, 5.41) is 3.88. The largest absolute Gasteiger partial charge is 0.302 e. The molecule has 0 aliphatic carbocycles. The zero-order valence-corrected chi connectivity index (χ0v) is 8.54. The van der Waals surface area contributed by atoms with E-state index < -0.39 is 10.2 Å². The Balaban J connectivity index is 2.81. The van der Waals surface area contributed by atoms with Gasteiger partial charge in [0, 0.05) is 33.4 Å². The summed E-state index contributed by atoms with van der Waals surface area (Å²) in [4.78, 5) is 0. The van der Waals surface area contributed by atoms with Crippen LogP contribution in [0.4, 0.5) is 5.82 Å². The molecule has 0 fully saturated rings. The number of rotatable bonds is 3. The Morgan fingerprint density at radius 3 is 2.54 bits per heavy atom. The average molecular weight is 204 g/mol. The Labute approximate surface area is 77.3 Å². The Morgan fingerprint density at radius 1 is 1.54 bits per heavy atom. The third kappa shape index (κ3) is 2.43. The second-order valence-electron chi connectivity index (χ2n) is 2.76. The summed E-state index contributed by atoms with van der Waals surface area (Å²) in [6.07, 6.45) is 1.66. The molecule has 0 aromatic carbocycles. The maximum Gasteiger partial charge on any atom is 0.302 e. The van der Waals surface area contributed by atoms with Gasteiger partial charge < -0.3 is 0 Å². The molecule has 1 N–H and O–H groups in total. The van der Waals surface area contributed by atoms with E-state index >= 15 is 0 Å². The Morgan fingerprint density at radius 2 is 2.15 bits per heavy atom. The van der Waals surface area contributed by atoms with Crippen molar-refractivity contribution >= 4 is 16.0 Å². The first-order chi connectivity index (χ1) is 5.92. The Bertz CT molecular complexity index is 381. The Kier molecular flexibility index (Phi) is 2.58. The predicted molar refractivity (Wildman–Crippen MR) is 49.4 cm³/mol. The molecule has 0 bridgehead atoms. The average Bonchev–Trinajstić information content (AvgIpc) is 2.34. The maximum atomic E-state index is 11.3. The van der Waals surface area contributed by atoms with Crippen molar-refractivity contribution in [3.05, 3.63) is 12.3 Å². The fourth-order valence-corrected chi connectivity index (χ4v) is 1.25. The van der Waals surface area contributed by atoms with Gasteiger partial charge in [0.1, 0.15) is 0 Å². The van der Waals surface area contributed by atoms with Crippen molar-refractivity contribution in [1.82, 2.24) is 14.1 Å². The maximum absolute atomic E-state index is 11.3. The van der Waals surface area contributed by atoms with Gasteiger partial charge in [0.15, 0.2) is 5.82 Å².